The summed E-state index contributed by atoms with van der Waals surface area (Å²) in [7, 11) is 0. The Labute approximate surface area is 61.1 Å². The molecule has 0 aliphatic heterocycles. The van der Waals surface area contributed by atoms with Crippen LogP contribution in [0.2, 0.25) is 0 Å². The number of hydrogen-bond acceptors (Lipinski definition) is 0. The summed E-state index contributed by atoms with van der Waals surface area (Å²) >= 11 is 0. The van der Waals surface area contributed by atoms with Gasteiger partial charge in [-0.1, -0.05) is 18.2 Å². The molecule has 0 atom stereocenters. The van der Waals surface area contributed by atoms with Gasteiger partial charge >= 0.3 is 0 Å². The van der Waals surface area contributed by atoms with Crippen LogP contribution in [0.4, 0.5) is 0 Å². The van der Waals surface area contributed by atoms with Crippen molar-refractivity contribution in [1.29, 1.82) is 0 Å². The lowest BCUT2D eigenvalue weighted by Gasteiger charge is -1.79. The molecule has 0 bridgehead atoms. The molecule has 0 saturated heterocycles. The lowest BCUT2D eigenvalue weighted by Crippen LogP contribution is -1.64. The highest BCUT2D eigenvalue weighted by Crippen LogP contribution is 1.96. The first-order valence-electron chi connectivity index (χ1n) is 3.36. The molecule has 0 aromatic carbocycles. The average Bonchev–Trinajstić information content (AvgIpc) is 2.41. The molecule has 0 radical (unpaired) electrons. The summed E-state index contributed by atoms with van der Waals surface area (Å²) in [6.07, 6.45) is 9.95. The Morgan fingerprint density at radius 2 is 2.30 bits per heavy atom. The SMILES string of the molecule is CC=CC=Cc1ccc[nH]1. The van der Waals surface area contributed by atoms with Crippen LogP contribution in [0.1, 0.15) is 12.6 Å². The smallest absolute Gasteiger partial charge is 0.0380 e. The second-order valence-corrected chi connectivity index (χ2v) is 2.01. The second-order valence-electron chi connectivity index (χ2n) is 2.01. The summed E-state index contributed by atoms with van der Waals surface area (Å²) in [5, 5.41) is 0. The van der Waals surface area contributed by atoms with Gasteiger partial charge in [0.05, 0.1) is 0 Å². The Morgan fingerprint density at radius 3 is 2.90 bits per heavy atom. The third-order valence-corrected chi connectivity index (χ3v) is 1.20. The maximum atomic E-state index is 3.08. The van der Waals surface area contributed by atoms with Crippen molar-refractivity contribution in [1.82, 2.24) is 4.98 Å². The first-order valence-corrected chi connectivity index (χ1v) is 3.36. The highest BCUT2D eigenvalue weighted by molar-refractivity contribution is 5.46. The van der Waals surface area contributed by atoms with Gasteiger partial charge in [-0.3, -0.25) is 0 Å². The van der Waals surface area contributed by atoms with E-state index >= 15 is 0 Å². The van der Waals surface area contributed by atoms with Crippen molar-refractivity contribution in [2.45, 2.75) is 6.92 Å². The Balaban J connectivity index is 2.55. The maximum Gasteiger partial charge on any atom is 0.0380 e. The minimum atomic E-state index is 1.14. The topological polar surface area (TPSA) is 15.8 Å². The standard InChI is InChI=1S/C9H11N/c1-2-3-4-6-9-7-5-8-10-9/h2-8,10H,1H3. The minimum Gasteiger partial charge on any atom is -0.362 e. The zero-order valence-corrected chi connectivity index (χ0v) is 6.04. The van der Waals surface area contributed by atoms with Gasteiger partial charge in [0.15, 0.2) is 0 Å². The predicted octanol–water partition coefficient (Wildman–Crippen LogP) is 2.60. The largest absolute Gasteiger partial charge is 0.362 e. The van der Waals surface area contributed by atoms with E-state index in [2.05, 4.69) is 4.98 Å². The number of nitrogens with one attached hydrogen (secondary N) is 1. The van der Waals surface area contributed by atoms with Crippen molar-refractivity contribution in [2.75, 3.05) is 0 Å². The molecule has 1 aromatic rings. The van der Waals surface area contributed by atoms with Gasteiger partial charge in [0.2, 0.25) is 0 Å². The van der Waals surface area contributed by atoms with E-state index in [1.165, 1.54) is 0 Å². The van der Waals surface area contributed by atoms with Crippen molar-refractivity contribution in [3.8, 4) is 0 Å². The molecule has 1 aromatic heterocycles. The normalized spacial score (nSPS) is 11.7. The zero-order chi connectivity index (χ0) is 7.23. The number of rotatable bonds is 2. The van der Waals surface area contributed by atoms with E-state index in [1.807, 2.05) is 49.6 Å². The minimum absolute atomic E-state index is 1.14. The van der Waals surface area contributed by atoms with Gasteiger partial charge in [-0.2, -0.15) is 0 Å². The van der Waals surface area contributed by atoms with Crippen LogP contribution in [0.5, 0.6) is 0 Å². The fourth-order valence-electron chi connectivity index (χ4n) is 0.718. The van der Waals surface area contributed by atoms with E-state index in [0.717, 1.165) is 5.69 Å². The van der Waals surface area contributed by atoms with Crippen molar-refractivity contribution in [3.05, 3.63) is 42.3 Å². The van der Waals surface area contributed by atoms with E-state index < -0.39 is 0 Å². The fraction of sp³-hybridized carbons (Fsp3) is 0.111. The van der Waals surface area contributed by atoms with Gasteiger partial charge in [-0.25, -0.2) is 0 Å². The molecule has 1 N–H and O–H groups in total. The van der Waals surface area contributed by atoms with Gasteiger partial charge in [-0.15, -0.1) is 0 Å². The van der Waals surface area contributed by atoms with Crippen LogP contribution in [-0.2, 0) is 0 Å². The monoisotopic (exact) mass is 133 g/mol. The molecule has 0 amide bonds. The quantitative estimate of drug-likeness (QED) is 0.597. The molecular weight excluding hydrogens is 122 g/mol. The van der Waals surface area contributed by atoms with Gasteiger partial charge < -0.3 is 4.98 Å². The fourth-order valence-corrected chi connectivity index (χ4v) is 0.718. The summed E-state index contributed by atoms with van der Waals surface area (Å²) in [6.45, 7) is 2.00. The molecule has 0 unspecified atom stereocenters. The van der Waals surface area contributed by atoms with E-state index in [-0.39, 0.29) is 0 Å². The molecule has 0 saturated carbocycles. The number of aromatic nitrogens is 1. The number of allylic oxidation sites excluding steroid dienone is 3. The Hall–Kier alpha value is -1.24. The maximum absolute atomic E-state index is 3.08. The van der Waals surface area contributed by atoms with Crippen molar-refractivity contribution < 1.29 is 0 Å². The Bertz CT molecular complexity index is 217. The summed E-state index contributed by atoms with van der Waals surface area (Å²) in [5.74, 6) is 0. The molecule has 0 aliphatic carbocycles. The van der Waals surface area contributed by atoms with Crippen LogP contribution in [0.15, 0.2) is 36.6 Å². The lowest BCUT2D eigenvalue weighted by atomic mass is 10.3. The summed E-state index contributed by atoms with van der Waals surface area (Å²) in [5.41, 5.74) is 1.14. The summed E-state index contributed by atoms with van der Waals surface area (Å²) in [6, 6.07) is 4.01. The van der Waals surface area contributed by atoms with E-state index in [1.54, 1.807) is 0 Å². The summed E-state index contributed by atoms with van der Waals surface area (Å²) in [4.78, 5) is 3.08. The molecule has 1 heteroatoms. The number of H-pyrrole nitrogens is 1. The molecule has 10 heavy (non-hydrogen) atoms. The molecule has 1 heterocycles. The van der Waals surface area contributed by atoms with E-state index in [0.29, 0.717) is 0 Å². The van der Waals surface area contributed by atoms with Crippen LogP contribution < -0.4 is 0 Å². The lowest BCUT2D eigenvalue weighted by molar-refractivity contribution is 1.38. The van der Waals surface area contributed by atoms with E-state index in [4.69, 9.17) is 0 Å². The van der Waals surface area contributed by atoms with Gasteiger partial charge in [0.1, 0.15) is 0 Å². The molecular formula is C9H11N. The van der Waals surface area contributed by atoms with E-state index in [9.17, 15) is 0 Å². The second kappa shape index (κ2) is 3.72. The van der Waals surface area contributed by atoms with Crippen LogP contribution in [0.25, 0.3) is 6.08 Å². The van der Waals surface area contributed by atoms with Crippen molar-refractivity contribution in [3.63, 3.8) is 0 Å². The van der Waals surface area contributed by atoms with Crippen molar-refractivity contribution in [2.24, 2.45) is 0 Å². The number of hydrogen-bond donors (Lipinski definition) is 1. The number of aromatic amines is 1. The highest BCUT2D eigenvalue weighted by atomic mass is 14.7. The Morgan fingerprint density at radius 1 is 1.40 bits per heavy atom. The van der Waals surface area contributed by atoms with Gasteiger partial charge in [0.25, 0.3) is 0 Å². The van der Waals surface area contributed by atoms with Crippen LogP contribution in [-0.4, -0.2) is 4.98 Å². The van der Waals surface area contributed by atoms with Gasteiger partial charge in [0, 0.05) is 11.9 Å². The molecule has 0 spiro atoms. The van der Waals surface area contributed by atoms with Gasteiger partial charge in [-0.05, 0) is 25.1 Å². The average molecular weight is 133 g/mol. The third-order valence-electron chi connectivity index (χ3n) is 1.20. The first kappa shape index (κ1) is 6.87. The molecule has 1 nitrogen and oxygen atoms in total. The summed E-state index contributed by atoms with van der Waals surface area (Å²) < 4.78 is 0. The first-order chi connectivity index (χ1) is 4.93. The highest BCUT2D eigenvalue weighted by Gasteiger charge is 1.79. The molecule has 52 valence electrons. The molecule has 0 aliphatic rings. The predicted molar refractivity (Wildman–Crippen MR) is 44.6 cm³/mol. The third kappa shape index (κ3) is 1.94. The van der Waals surface area contributed by atoms with Crippen molar-refractivity contribution >= 4 is 6.08 Å². The molecule has 1 rings (SSSR count). The molecule has 0 fully saturated rings. The van der Waals surface area contributed by atoms with Crippen LogP contribution in [0, 0.1) is 0 Å². The van der Waals surface area contributed by atoms with Crippen LogP contribution in [0.3, 0.4) is 0 Å². The zero-order valence-electron chi connectivity index (χ0n) is 6.04. The van der Waals surface area contributed by atoms with Crippen LogP contribution >= 0.6 is 0 Å². The Kier molecular flexibility index (Phi) is 2.56.